The maximum absolute atomic E-state index is 6.00. The van der Waals surface area contributed by atoms with Crippen molar-refractivity contribution in [2.75, 3.05) is 0 Å². The topological polar surface area (TPSA) is 26.0 Å². The highest BCUT2D eigenvalue weighted by atomic mass is 127. The molecule has 2 rings (SSSR count). The number of nitrogens with two attached hydrogens (primary N) is 1. The van der Waals surface area contributed by atoms with E-state index in [0.717, 1.165) is 0 Å². The summed E-state index contributed by atoms with van der Waals surface area (Å²) in [5.41, 5.74) is 10.3. The maximum atomic E-state index is 6.00. The van der Waals surface area contributed by atoms with E-state index in [4.69, 9.17) is 5.73 Å². The summed E-state index contributed by atoms with van der Waals surface area (Å²) in [5.74, 6) is 0. The first-order valence-electron chi connectivity index (χ1n) is 4.92. The van der Waals surface area contributed by atoms with Crippen LogP contribution in [0.5, 0.6) is 0 Å². The van der Waals surface area contributed by atoms with Crippen molar-refractivity contribution in [3.05, 3.63) is 45.0 Å². The Morgan fingerprint density at radius 1 is 1.36 bits per heavy atom. The van der Waals surface area contributed by atoms with Crippen LogP contribution in [0.4, 0.5) is 0 Å². The second kappa shape index (κ2) is 4.03. The van der Waals surface area contributed by atoms with Gasteiger partial charge in [-0.05, 0) is 64.6 Å². The van der Waals surface area contributed by atoms with Gasteiger partial charge in [-0.1, -0.05) is 12.1 Å². The van der Waals surface area contributed by atoms with E-state index in [9.17, 15) is 0 Å². The van der Waals surface area contributed by atoms with E-state index in [2.05, 4.69) is 41.3 Å². The van der Waals surface area contributed by atoms with Crippen molar-refractivity contribution in [3.8, 4) is 0 Å². The maximum Gasteiger partial charge on any atom is 0.0481 e. The van der Waals surface area contributed by atoms with Gasteiger partial charge in [-0.3, -0.25) is 0 Å². The van der Waals surface area contributed by atoms with Gasteiger partial charge in [0, 0.05) is 9.61 Å². The molecule has 0 bridgehead atoms. The van der Waals surface area contributed by atoms with Gasteiger partial charge in [0.25, 0.3) is 0 Å². The van der Waals surface area contributed by atoms with E-state index in [0.29, 0.717) is 0 Å². The Labute approximate surface area is 98.5 Å². The average molecular weight is 299 g/mol. The highest BCUT2D eigenvalue weighted by molar-refractivity contribution is 14.1. The minimum atomic E-state index is -0.00106. The predicted octanol–water partition coefficient (Wildman–Crippen LogP) is 2.97. The first-order chi connectivity index (χ1) is 6.74. The van der Waals surface area contributed by atoms with E-state index in [1.54, 1.807) is 0 Å². The molecular weight excluding hydrogens is 285 g/mol. The smallest absolute Gasteiger partial charge is 0.0481 e. The molecule has 1 unspecified atom stereocenters. The zero-order valence-electron chi connectivity index (χ0n) is 8.09. The fourth-order valence-electron chi connectivity index (χ4n) is 2.13. The van der Waals surface area contributed by atoms with Gasteiger partial charge >= 0.3 is 0 Å². The molecule has 2 heteroatoms. The normalized spacial score (nSPS) is 16.4. The molecule has 14 heavy (non-hydrogen) atoms. The third-order valence-corrected chi connectivity index (χ3v) is 3.89. The Bertz CT molecular complexity index is 371. The molecule has 0 aromatic heterocycles. The molecule has 0 heterocycles. The molecule has 2 N–H and O–H groups in total. The fraction of sp³-hybridized carbons (Fsp3) is 0.333. The molecule has 1 atom stereocenters. The van der Waals surface area contributed by atoms with E-state index in [-0.39, 0.29) is 6.04 Å². The van der Waals surface area contributed by atoms with Crippen molar-refractivity contribution in [2.45, 2.75) is 25.3 Å². The minimum Gasteiger partial charge on any atom is -0.321 e. The molecular formula is C12H14IN. The minimum absolute atomic E-state index is 0.00106. The van der Waals surface area contributed by atoms with Gasteiger partial charge in [-0.25, -0.2) is 0 Å². The lowest BCUT2D eigenvalue weighted by molar-refractivity contribution is 0.870. The molecule has 0 radical (unpaired) electrons. The van der Waals surface area contributed by atoms with Crippen LogP contribution in [0.3, 0.4) is 0 Å². The molecule has 0 aliphatic heterocycles. The Morgan fingerprint density at radius 3 is 2.79 bits per heavy atom. The van der Waals surface area contributed by atoms with E-state index >= 15 is 0 Å². The fourth-order valence-corrected chi connectivity index (χ4v) is 2.90. The van der Waals surface area contributed by atoms with Gasteiger partial charge in [-0.2, -0.15) is 0 Å². The first-order valence-corrected chi connectivity index (χ1v) is 6.00. The Balaban J connectivity index is 2.53. The zero-order valence-corrected chi connectivity index (χ0v) is 10.3. The largest absolute Gasteiger partial charge is 0.321 e. The summed E-state index contributed by atoms with van der Waals surface area (Å²) in [7, 11) is 0. The van der Waals surface area contributed by atoms with Crippen LogP contribution in [0.2, 0.25) is 0 Å². The molecule has 1 nitrogen and oxygen atoms in total. The van der Waals surface area contributed by atoms with Gasteiger partial charge in [-0.15, -0.1) is 6.58 Å². The van der Waals surface area contributed by atoms with Crippen LogP contribution in [0.25, 0.3) is 0 Å². The number of rotatable bonds is 2. The van der Waals surface area contributed by atoms with Crippen LogP contribution >= 0.6 is 22.6 Å². The van der Waals surface area contributed by atoms with Crippen LogP contribution in [0, 0.1) is 3.57 Å². The second-order valence-electron chi connectivity index (χ2n) is 3.71. The molecule has 1 aromatic carbocycles. The quantitative estimate of drug-likeness (QED) is 0.659. The molecule has 0 saturated carbocycles. The molecule has 1 aliphatic rings. The van der Waals surface area contributed by atoms with E-state index in [1.165, 1.54) is 39.5 Å². The summed E-state index contributed by atoms with van der Waals surface area (Å²) in [4.78, 5) is 0. The Morgan fingerprint density at radius 2 is 2.07 bits per heavy atom. The van der Waals surface area contributed by atoms with Crippen molar-refractivity contribution < 1.29 is 0 Å². The predicted molar refractivity (Wildman–Crippen MR) is 68.3 cm³/mol. The van der Waals surface area contributed by atoms with E-state index in [1.807, 2.05) is 6.08 Å². The monoisotopic (exact) mass is 299 g/mol. The van der Waals surface area contributed by atoms with Crippen molar-refractivity contribution in [1.82, 2.24) is 0 Å². The van der Waals surface area contributed by atoms with Crippen LogP contribution in [-0.4, -0.2) is 0 Å². The first kappa shape index (κ1) is 10.2. The van der Waals surface area contributed by atoms with Crippen LogP contribution in [-0.2, 0) is 12.8 Å². The van der Waals surface area contributed by atoms with Gasteiger partial charge in [0.1, 0.15) is 0 Å². The third-order valence-electron chi connectivity index (χ3n) is 2.88. The summed E-state index contributed by atoms with van der Waals surface area (Å²) in [6.45, 7) is 3.76. The van der Waals surface area contributed by atoms with Crippen LogP contribution in [0.15, 0.2) is 24.8 Å². The van der Waals surface area contributed by atoms with Crippen molar-refractivity contribution in [1.29, 1.82) is 0 Å². The van der Waals surface area contributed by atoms with Crippen molar-refractivity contribution in [3.63, 3.8) is 0 Å². The van der Waals surface area contributed by atoms with Crippen LogP contribution in [0.1, 0.15) is 29.2 Å². The lowest BCUT2D eigenvalue weighted by Gasteiger charge is -2.13. The number of fused-ring (bicyclic) bond motifs is 1. The molecule has 74 valence electrons. The summed E-state index contributed by atoms with van der Waals surface area (Å²) < 4.78 is 1.38. The third kappa shape index (κ3) is 1.61. The highest BCUT2D eigenvalue weighted by Gasteiger charge is 2.19. The zero-order chi connectivity index (χ0) is 10.1. The summed E-state index contributed by atoms with van der Waals surface area (Å²) in [6, 6.07) is 4.32. The molecule has 1 aromatic rings. The number of halogens is 1. The molecule has 0 spiro atoms. The van der Waals surface area contributed by atoms with Gasteiger partial charge in [0.15, 0.2) is 0 Å². The average Bonchev–Trinajstić information content (AvgIpc) is 2.67. The molecule has 1 aliphatic carbocycles. The summed E-state index contributed by atoms with van der Waals surface area (Å²) in [5, 5.41) is 0. The Hall–Kier alpha value is -0.350. The summed E-state index contributed by atoms with van der Waals surface area (Å²) in [6.07, 6.45) is 5.49. The second-order valence-corrected chi connectivity index (χ2v) is 4.87. The van der Waals surface area contributed by atoms with E-state index < -0.39 is 0 Å². The summed E-state index contributed by atoms with van der Waals surface area (Å²) >= 11 is 2.41. The van der Waals surface area contributed by atoms with Gasteiger partial charge in [0.2, 0.25) is 0 Å². The standard InChI is InChI=1S/C12H14IN/c1-2-12(14)10-6-7-11(13)9-5-3-4-8(9)10/h2,6-7,12H,1,3-5,14H2. The molecule has 0 saturated heterocycles. The van der Waals surface area contributed by atoms with Gasteiger partial charge < -0.3 is 5.73 Å². The molecule has 0 fully saturated rings. The van der Waals surface area contributed by atoms with Gasteiger partial charge in [0.05, 0.1) is 0 Å². The van der Waals surface area contributed by atoms with Crippen molar-refractivity contribution >= 4 is 22.6 Å². The molecule has 0 amide bonds. The SMILES string of the molecule is C=CC(N)c1ccc(I)c2c1CCC2. The number of hydrogen-bond donors (Lipinski definition) is 1. The van der Waals surface area contributed by atoms with Crippen LogP contribution < -0.4 is 5.73 Å². The lowest BCUT2D eigenvalue weighted by atomic mass is 9.98. The lowest BCUT2D eigenvalue weighted by Crippen LogP contribution is -2.09. The number of hydrogen-bond acceptors (Lipinski definition) is 1. The van der Waals surface area contributed by atoms with Crippen molar-refractivity contribution in [2.24, 2.45) is 5.73 Å². The number of benzene rings is 1. The Kier molecular flexibility index (Phi) is 2.93. The highest BCUT2D eigenvalue weighted by Crippen LogP contribution is 2.32.